The van der Waals surface area contributed by atoms with Crippen molar-refractivity contribution in [2.45, 2.75) is 57.2 Å². The predicted molar refractivity (Wildman–Crippen MR) is 105 cm³/mol. The van der Waals surface area contributed by atoms with Crippen molar-refractivity contribution in [3.63, 3.8) is 0 Å². The first kappa shape index (κ1) is 20.9. The summed E-state index contributed by atoms with van der Waals surface area (Å²) in [5, 5.41) is 8.63. The summed E-state index contributed by atoms with van der Waals surface area (Å²) >= 11 is 0. The van der Waals surface area contributed by atoms with Gasteiger partial charge in [-0.2, -0.15) is 0 Å². The van der Waals surface area contributed by atoms with Crippen LogP contribution in [0.25, 0.3) is 6.08 Å². The zero-order valence-corrected chi connectivity index (χ0v) is 15.6. The van der Waals surface area contributed by atoms with Crippen molar-refractivity contribution in [2.75, 3.05) is 6.61 Å². The molecule has 27 heavy (non-hydrogen) atoms. The number of carboxylic acids is 1. The van der Waals surface area contributed by atoms with Gasteiger partial charge < -0.3 is 14.6 Å². The fourth-order valence-electron chi connectivity index (χ4n) is 3.07. The van der Waals surface area contributed by atoms with Crippen molar-refractivity contribution < 1.29 is 24.2 Å². The van der Waals surface area contributed by atoms with E-state index in [-0.39, 0.29) is 18.2 Å². The van der Waals surface area contributed by atoms with E-state index in [1.807, 2.05) is 6.08 Å². The van der Waals surface area contributed by atoms with Crippen molar-refractivity contribution >= 4 is 18.0 Å². The van der Waals surface area contributed by atoms with Gasteiger partial charge in [-0.25, -0.2) is 9.59 Å². The first-order chi connectivity index (χ1) is 13.1. The van der Waals surface area contributed by atoms with Crippen LogP contribution >= 0.6 is 0 Å². The number of aliphatic carboxylic acids is 1. The molecule has 0 amide bonds. The zero-order valence-electron chi connectivity index (χ0n) is 15.6. The van der Waals surface area contributed by atoms with E-state index < -0.39 is 5.97 Å². The van der Waals surface area contributed by atoms with E-state index in [0.29, 0.717) is 5.56 Å². The molecule has 5 nitrogen and oxygen atoms in total. The van der Waals surface area contributed by atoms with Crippen molar-refractivity contribution in [3.05, 3.63) is 54.1 Å². The van der Waals surface area contributed by atoms with E-state index in [1.54, 1.807) is 24.3 Å². The van der Waals surface area contributed by atoms with Crippen LogP contribution in [0.15, 0.2) is 43.0 Å². The molecule has 0 bridgehead atoms. The minimum absolute atomic E-state index is 0.0651. The normalized spacial score (nSPS) is 19.7. The standard InChI is InChI=1S/C22H28O5/c1-2-3-4-5-16-26-19-11-13-20(14-12-19)27-22(25)18-9-6-17(7-10-18)8-15-21(23)24/h2,6-10,15,19-20H,1,3-5,11-14,16H2,(H,23,24)/b15-8+. The number of carbonyl (C=O) groups excluding carboxylic acids is 1. The number of hydrogen-bond donors (Lipinski definition) is 1. The van der Waals surface area contributed by atoms with Gasteiger partial charge in [-0.3, -0.25) is 0 Å². The van der Waals surface area contributed by atoms with Crippen LogP contribution in [-0.4, -0.2) is 35.9 Å². The number of ether oxygens (including phenoxy) is 2. The molecule has 1 aromatic carbocycles. The lowest BCUT2D eigenvalue weighted by atomic mass is 9.95. The van der Waals surface area contributed by atoms with Crippen LogP contribution in [0, 0.1) is 0 Å². The molecule has 1 aliphatic rings. The first-order valence-corrected chi connectivity index (χ1v) is 9.53. The van der Waals surface area contributed by atoms with E-state index in [2.05, 4.69) is 6.58 Å². The minimum atomic E-state index is -1.00. The van der Waals surface area contributed by atoms with Crippen LogP contribution in [0.5, 0.6) is 0 Å². The molecule has 5 heteroatoms. The van der Waals surface area contributed by atoms with Crippen LogP contribution in [0.3, 0.4) is 0 Å². The van der Waals surface area contributed by atoms with Crippen molar-refractivity contribution in [1.82, 2.24) is 0 Å². The SMILES string of the molecule is C=CCCCCOC1CCC(OC(=O)c2ccc(/C=C/C(=O)O)cc2)CC1. The maximum Gasteiger partial charge on any atom is 0.338 e. The molecule has 0 unspecified atom stereocenters. The molecule has 0 saturated heterocycles. The number of carboxylic acid groups (broad SMARTS) is 1. The summed E-state index contributed by atoms with van der Waals surface area (Å²) in [5.74, 6) is -1.34. The largest absolute Gasteiger partial charge is 0.478 e. The highest BCUT2D eigenvalue weighted by atomic mass is 16.5. The smallest absolute Gasteiger partial charge is 0.338 e. The number of benzene rings is 1. The van der Waals surface area contributed by atoms with Crippen LogP contribution in [0.4, 0.5) is 0 Å². The lowest BCUT2D eigenvalue weighted by Crippen LogP contribution is -2.28. The quantitative estimate of drug-likeness (QED) is 0.281. The summed E-state index contributed by atoms with van der Waals surface area (Å²) in [6.45, 7) is 4.50. The highest BCUT2D eigenvalue weighted by Gasteiger charge is 2.24. The molecule has 1 aromatic rings. The van der Waals surface area contributed by atoms with Gasteiger partial charge in [0.25, 0.3) is 0 Å². The van der Waals surface area contributed by atoms with E-state index in [4.69, 9.17) is 14.6 Å². The molecule has 0 atom stereocenters. The van der Waals surface area contributed by atoms with Gasteiger partial charge in [-0.15, -0.1) is 6.58 Å². The molecule has 0 heterocycles. The predicted octanol–water partition coefficient (Wildman–Crippen LogP) is 4.63. The van der Waals surface area contributed by atoms with Gasteiger partial charge in [-0.05, 0) is 68.7 Å². The Hall–Kier alpha value is -2.40. The molecular weight excluding hydrogens is 344 g/mol. The number of esters is 1. The summed E-state index contributed by atoms with van der Waals surface area (Å²) in [4.78, 5) is 22.8. The van der Waals surface area contributed by atoms with Crippen LogP contribution < -0.4 is 0 Å². The Bertz CT molecular complexity index is 639. The molecule has 1 aliphatic carbocycles. The molecule has 1 N–H and O–H groups in total. The third-order valence-electron chi connectivity index (χ3n) is 4.62. The topological polar surface area (TPSA) is 72.8 Å². The van der Waals surface area contributed by atoms with Gasteiger partial charge in [0.2, 0.25) is 0 Å². The van der Waals surface area contributed by atoms with Crippen LogP contribution in [-0.2, 0) is 14.3 Å². The summed E-state index contributed by atoms with van der Waals surface area (Å²) in [6, 6.07) is 6.71. The Labute approximate surface area is 160 Å². The van der Waals surface area contributed by atoms with Crippen LogP contribution in [0.1, 0.15) is 60.9 Å². The maximum atomic E-state index is 12.3. The lowest BCUT2D eigenvalue weighted by Gasteiger charge is -2.28. The van der Waals surface area contributed by atoms with E-state index in [9.17, 15) is 9.59 Å². The number of allylic oxidation sites excluding steroid dienone is 1. The molecule has 0 aromatic heterocycles. The molecule has 0 spiro atoms. The third-order valence-corrected chi connectivity index (χ3v) is 4.62. The number of rotatable bonds is 10. The van der Waals surface area contributed by atoms with Gasteiger partial charge in [0.1, 0.15) is 6.10 Å². The molecule has 2 rings (SSSR count). The minimum Gasteiger partial charge on any atom is -0.478 e. The zero-order chi connectivity index (χ0) is 19.5. The van der Waals surface area contributed by atoms with E-state index >= 15 is 0 Å². The second-order valence-electron chi connectivity index (χ2n) is 6.75. The lowest BCUT2D eigenvalue weighted by molar-refractivity contribution is -0.131. The van der Waals surface area contributed by atoms with Crippen LogP contribution in [0.2, 0.25) is 0 Å². The second-order valence-corrected chi connectivity index (χ2v) is 6.75. The Kier molecular flexibility index (Phi) is 8.78. The third kappa shape index (κ3) is 7.79. The molecule has 0 aliphatic heterocycles. The Morgan fingerprint density at radius 3 is 2.37 bits per heavy atom. The highest BCUT2D eigenvalue weighted by Crippen LogP contribution is 2.24. The van der Waals surface area contributed by atoms with E-state index in [0.717, 1.165) is 63.2 Å². The summed E-state index contributed by atoms with van der Waals surface area (Å²) in [7, 11) is 0. The van der Waals surface area contributed by atoms with Gasteiger partial charge in [0, 0.05) is 12.7 Å². The number of unbranched alkanes of at least 4 members (excludes halogenated alkanes) is 2. The fraction of sp³-hybridized carbons (Fsp3) is 0.455. The fourth-order valence-corrected chi connectivity index (χ4v) is 3.07. The average molecular weight is 372 g/mol. The van der Waals surface area contributed by atoms with E-state index in [1.165, 1.54) is 6.08 Å². The Morgan fingerprint density at radius 2 is 1.74 bits per heavy atom. The van der Waals surface area contributed by atoms with Crippen molar-refractivity contribution in [3.8, 4) is 0 Å². The van der Waals surface area contributed by atoms with Gasteiger partial charge in [0.05, 0.1) is 11.7 Å². The Morgan fingerprint density at radius 1 is 1.07 bits per heavy atom. The number of carbonyl (C=O) groups is 2. The molecule has 1 saturated carbocycles. The van der Waals surface area contributed by atoms with Gasteiger partial charge in [-0.1, -0.05) is 18.2 Å². The Balaban J connectivity index is 1.71. The summed E-state index contributed by atoms with van der Waals surface area (Å²) in [6.07, 6.45) is 11.3. The summed E-state index contributed by atoms with van der Waals surface area (Å²) < 4.78 is 11.5. The molecule has 0 radical (unpaired) electrons. The van der Waals surface area contributed by atoms with Crippen molar-refractivity contribution in [1.29, 1.82) is 0 Å². The highest BCUT2D eigenvalue weighted by molar-refractivity contribution is 5.90. The molecule has 146 valence electrons. The van der Waals surface area contributed by atoms with Gasteiger partial charge >= 0.3 is 11.9 Å². The average Bonchev–Trinajstić information content (AvgIpc) is 2.68. The first-order valence-electron chi connectivity index (χ1n) is 9.53. The summed E-state index contributed by atoms with van der Waals surface area (Å²) in [5.41, 5.74) is 1.20. The molecule has 1 fully saturated rings. The second kappa shape index (κ2) is 11.3. The van der Waals surface area contributed by atoms with Crippen molar-refractivity contribution in [2.24, 2.45) is 0 Å². The monoisotopic (exact) mass is 372 g/mol. The van der Waals surface area contributed by atoms with Gasteiger partial charge in [0.15, 0.2) is 0 Å². The number of hydrogen-bond acceptors (Lipinski definition) is 4. The maximum absolute atomic E-state index is 12.3. The molecular formula is C22H28O5.